The SMILES string of the molecule is CC1CC(C)CC(Oc2nnc(CNC3CC3)s2)C1. The zero-order valence-corrected chi connectivity index (χ0v) is 12.6. The minimum Gasteiger partial charge on any atom is -0.466 e. The molecular weight excluding hydrogens is 258 g/mol. The third kappa shape index (κ3) is 3.89. The van der Waals surface area contributed by atoms with E-state index in [0.29, 0.717) is 12.1 Å². The van der Waals surface area contributed by atoms with Crippen LogP contribution in [0.2, 0.25) is 0 Å². The Bertz CT molecular complexity index is 409. The van der Waals surface area contributed by atoms with E-state index in [0.717, 1.165) is 41.4 Å². The van der Waals surface area contributed by atoms with E-state index in [-0.39, 0.29) is 0 Å². The highest BCUT2D eigenvalue weighted by atomic mass is 32.1. The van der Waals surface area contributed by atoms with Gasteiger partial charge in [0.05, 0.1) is 6.54 Å². The fraction of sp³-hybridized carbons (Fsp3) is 0.857. The molecule has 2 fully saturated rings. The highest BCUT2D eigenvalue weighted by Crippen LogP contribution is 2.32. The summed E-state index contributed by atoms with van der Waals surface area (Å²) >= 11 is 1.59. The molecule has 0 aromatic carbocycles. The minimum absolute atomic E-state index is 0.330. The van der Waals surface area contributed by atoms with Gasteiger partial charge in [0.2, 0.25) is 0 Å². The monoisotopic (exact) mass is 281 g/mol. The van der Waals surface area contributed by atoms with Crippen molar-refractivity contribution in [2.75, 3.05) is 0 Å². The second-order valence-corrected chi connectivity index (χ2v) is 7.30. The van der Waals surface area contributed by atoms with Gasteiger partial charge in [0, 0.05) is 6.04 Å². The minimum atomic E-state index is 0.330. The Morgan fingerprint density at radius 3 is 2.58 bits per heavy atom. The molecule has 0 amide bonds. The van der Waals surface area contributed by atoms with Gasteiger partial charge in [-0.05, 0) is 43.9 Å². The number of rotatable bonds is 5. The summed E-state index contributed by atoms with van der Waals surface area (Å²) in [5.74, 6) is 1.52. The molecule has 3 rings (SSSR count). The molecule has 19 heavy (non-hydrogen) atoms. The molecule has 0 radical (unpaired) electrons. The van der Waals surface area contributed by atoms with Gasteiger partial charge in [-0.1, -0.05) is 30.3 Å². The summed E-state index contributed by atoms with van der Waals surface area (Å²) in [6.45, 7) is 5.47. The van der Waals surface area contributed by atoms with Crippen molar-refractivity contribution < 1.29 is 4.74 Å². The normalized spacial score (nSPS) is 31.4. The molecule has 1 aromatic rings. The van der Waals surface area contributed by atoms with Crippen LogP contribution in [0.5, 0.6) is 5.19 Å². The quantitative estimate of drug-likeness (QED) is 0.901. The zero-order chi connectivity index (χ0) is 13.2. The molecule has 2 saturated carbocycles. The van der Waals surface area contributed by atoms with Crippen molar-refractivity contribution in [3.8, 4) is 5.19 Å². The molecule has 2 unspecified atom stereocenters. The number of ether oxygens (including phenoxy) is 1. The van der Waals surface area contributed by atoms with E-state index in [1.54, 1.807) is 11.3 Å². The van der Waals surface area contributed by atoms with Crippen LogP contribution in [-0.2, 0) is 6.54 Å². The van der Waals surface area contributed by atoms with E-state index in [1.165, 1.54) is 19.3 Å². The lowest BCUT2D eigenvalue weighted by molar-refractivity contribution is 0.1000. The van der Waals surface area contributed by atoms with Gasteiger partial charge in [-0.3, -0.25) is 0 Å². The zero-order valence-electron chi connectivity index (χ0n) is 11.8. The Morgan fingerprint density at radius 1 is 1.16 bits per heavy atom. The smallest absolute Gasteiger partial charge is 0.294 e. The first-order chi connectivity index (χ1) is 9.19. The predicted molar refractivity (Wildman–Crippen MR) is 76.4 cm³/mol. The first-order valence-electron chi connectivity index (χ1n) is 7.41. The van der Waals surface area contributed by atoms with E-state index in [2.05, 4.69) is 29.4 Å². The molecule has 2 atom stereocenters. The third-order valence-electron chi connectivity index (χ3n) is 3.97. The van der Waals surface area contributed by atoms with Gasteiger partial charge in [0.25, 0.3) is 5.19 Å². The molecule has 2 aliphatic rings. The molecule has 5 heteroatoms. The van der Waals surface area contributed by atoms with Crippen molar-refractivity contribution in [2.24, 2.45) is 11.8 Å². The Kier molecular flexibility index (Phi) is 4.03. The highest BCUT2D eigenvalue weighted by molar-refractivity contribution is 7.13. The van der Waals surface area contributed by atoms with Gasteiger partial charge >= 0.3 is 0 Å². The van der Waals surface area contributed by atoms with Crippen LogP contribution in [0.4, 0.5) is 0 Å². The summed E-state index contributed by atoms with van der Waals surface area (Å²) in [6.07, 6.45) is 6.57. The van der Waals surface area contributed by atoms with Crippen LogP contribution in [0.3, 0.4) is 0 Å². The lowest BCUT2D eigenvalue weighted by atomic mass is 9.82. The van der Waals surface area contributed by atoms with Crippen molar-refractivity contribution in [1.29, 1.82) is 0 Å². The highest BCUT2D eigenvalue weighted by Gasteiger charge is 2.26. The Morgan fingerprint density at radius 2 is 1.89 bits per heavy atom. The lowest BCUT2D eigenvalue weighted by Crippen LogP contribution is -2.28. The second kappa shape index (κ2) is 5.75. The molecule has 4 nitrogen and oxygen atoms in total. The van der Waals surface area contributed by atoms with E-state index in [9.17, 15) is 0 Å². The number of nitrogens with one attached hydrogen (secondary N) is 1. The predicted octanol–water partition coefficient (Wildman–Crippen LogP) is 2.99. The molecule has 0 spiro atoms. The molecule has 0 saturated heterocycles. The first kappa shape index (κ1) is 13.3. The van der Waals surface area contributed by atoms with E-state index in [4.69, 9.17) is 4.74 Å². The number of hydrogen-bond donors (Lipinski definition) is 1. The summed E-state index contributed by atoms with van der Waals surface area (Å²) < 4.78 is 6.02. The van der Waals surface area contributed by atoms with Gasteiger partial charge in [-0.2, -0.15) is 0 Å². The molecule has 0 aliphatic heterocycles. The topological polar surface area (TPSA) is 47.0 Å². The fourth-order valence-electron chi connectivity index (χ4n) is 2.99. The summed E-state index contributed by atoms with van der Waals surface area (Å²) in [4.78, 5) is 0. The van der Waals surface area contributed by atoms with Crippen molar-refractivity contribution in [2.45, 2.75) is 64.6 Å². The number of aromatic nitrogens is 2. The molecule has 0 bridgehead atoms. The average molecular weight is 281 g/mol. The van der Waals surface area contributed by atoms with Crippen molar-refractivity contribution in [1.82, 2.24) is 15.5 Å². The number of nitrogens with zero attached hydrogens (tertiary/aromatic N) is 2. The van der Waals surface area contributed by atoms with Crippen molar-refractivity contribution in [3.63, 3.8) is 0 Å². The maximum Gasteiger partial charge on any atom is 0.294 e. The molecule has 1 N–H and O–H groups in total. The van der Waals surface area contributed by atoms with E-state index in [1.807, 2.05) is 0 Å². The van der Waals surface area contributed by atoms with E-state index >= 15 is 0 Å². The van der Waals surface area contributed by atoms with Crippen LogP contribution in [0.25, 0.3) is 0 Å². The Hall–Kier alpha value is -0.680. The maximum atomic E-state index is 6.02. The summed E-state index contributed by atoms with van der Waals surface area (Å²) in [5.41, 5.74) is 0. The van der Waals surface area contributed by atoms with Crippen LogP contribution in [-0.4, -0.2) is 22.3 Å². The van der Waals surface area contributed by atoms with Gasteiger partial charge in [-0.15, -0.1) is 5.10 Å². The molecular formula is C14H23N3OS. The summed E-state index contributed by atoms with van der Waals surface area (Å²) in [6, 6.07) is 0.716. The number of hydrogen-bond acceptors (Lipinski definition) is 5. The lowest BCUT2D eigenvalue weighted by Gasteiger charge is -2.30. The molecule has 106 valence electrons. The van der Waals surface area contributed by atoms with Crippen molar-refractivity contribution in [3.05, 3.63) is 5.01 Å². The average Bonchev–Trinajstić information content (AvgIpc) is 3.06. The van der Waals surface area contributed by atoms with Crippen LogP contribution in [0.15, 0.2) is 0 Å². The maximum absolute atomic E-state index is 6.02. The van der Waals surface area contributed by atoms with Crippen LogP contribution in [0, 0.1) is 11.8 Å². The standard InChI is InChI=1S/C14H23N3OS/c1-9-5-10(2)7-12(6-9)18-14-17-16-13(19-14)8-15-11-3-4-11/h9-12,15H,3-8H2,1-2H3. The van der Waals surface area contributed by atoms with E-state index < -0.39 is 0 Å². The Labute approximate surface area is 119 Å². The van der Waals surface area contributed by atoms with Gasteiger partial charge in [-0.25, -0.2) is 0 Å². The summed E-state index contributed by atoms with van der Waals surface area (Å²) in [5, 5.41) is 13.6. The molecule has 2 aliphatic carbocycles. The second-order valence-electron chi connectivity index (χ2n) is 6.27. The largest absolute Gasteiger partial charge is 0.466 e. The van der Waals surface area contributed by atoms with Crippen molar-refractivity contribution >= 4 is 11.3 Å². The summed E-state index contributed by atoms with van der Waals surface area (Å²) in [7, 11) is 0. The van der Waals surface area contributed by atoms with Gasteiger partial charge in [0.1, 0.15) is 11.1 Å². The Balaban J connectivity index is 1.51. The molecule has 1 heterocycles. The van der Waals surface area contributed by atoms with Gasteiger partial charge < -0.3 is 10.1 Å². The molecule has 1 aromatic heterocycles. The fourth-order valence-corrected chi connectivity index (χ4v) is 3.69. The van der Waals surface area contributed by atoms with Crippen LogP contribution < -0.4 is 10.1 Å². The first-order valence-corrected chi connectivity index (χ1v) is 8.23. The van der Waals surface area contributed by atoms with Gasteiger partial charge in [0.15, 0.2) is 0 Å². The van der Waals surface area contributed by atoms with Crippen LogP contribution >= 0.6 is 11.3 Å². The third-order valence-corrected chi connectivity index (χ3v) is 4.78. The van der Waals surface area contributed by atoms with Crippen LogP contribution in [0.1, 0.15) is 51.0 Å².